The van der Waals surface area contributed by atoms with Gasteiger partial charge >= 0.3 is 5.91 Å². The second-order valence-electron chi connectivity index (χ2n) is 7.02. The van der Waals surface area contributed by atoms with E-state index in [2.05, 4.69) is 10.7 Å². The fourth-order valence-corrected chi connectivity index (χ4v) is 3.75. The van der Waals surface area contributed by atoms with Crippen molar-refractivity contribution >= 4 is 52.8 Å². The van der Waals surface area contributed by atoms with E-state index in [9.17, 15) is 9.59 Å². The minimum Gasteiger partial charge on any atom is -0.334 e. The van der Waals surface area contributed by atoms with Crippen molar-refractivity contribution in [3.8, 4) is 0 Å². The number of carbonyl (C=O) groups is 2. The summed E-state index contributed by atoms with van der Waals surface area (Å²) < 4.78 is 1.68. The van der Waals surface area contributed by atoms with Gasteiger partial charge in [0.05, 0.1) is 0 Å². The van der Waals surface area contributed by atoms with E-state index in [1.165, 1.54) is 0 Å². The summed E-state index contributed by atoms with van der Waals surface area (Å²) in [4.78, 5) is 25.6. The van der Waals surface area contributed by atoms with Gasteiger partial charge < -0.3 is 5.32 Å². The summed E-state index contributed by atoms with van der Waals surface area (Å²) >= 11 is 17.9. The van der Waals surface area contributed by atoms with Crippen LogP contribution >= 0.6 is 34.8 Å². The first-order valence-corrected chi connectivity index (χ1v) is 10.6. The maximum atomic E-state index is 12.8. The van der Waals surface area contributed by atoms with Gasteiger partial charge in [0.25, 0.3) is 5.91 Å². The maximum Gasteiger partial charge on any atom is 0.304 e. The summed E-state index contributed by atoms with van der Waals surface area (Å²) in [6.45, 7) is 0. The molecular weight excluding hydrogens is 457 g/mol. The van der Waals surface area contributed by atoms with Crippen LogP contribution in [0.4, 0.5) is 0 Å². The van der Waals surface area contributed by atoms with E-state index in [-0.39, 0.29) is 11.8 Å². The van der Waals surface area contributed by atoms with Crippen LogP contribution in [-0.4, -0.2) is 28.8 Å². The van der Waals surface area contributed by atoms with Gasteiger partial charge in [0, 0.05) is 31.8 Å². The molecule has 1 aliphatic rings. The highest BCUT2D eigenvalue weighted by molar-refractivity contribution is 6.31. The molecule has 0 unspecified atom stereocenters. The van der Waals surface area contributed by atoms with E-state index >= 15 is 0 Å². The van der Waals surface area contributed by atoms with Crippen LogP contribution in [0, 0.1) is 0 Å². The minimum absolute atomic E-state index is 0.326. The SMILES string of the molecule is O=C(N[C@H]1C(=O)N/[N+](=C\c2ccc(Cl)cc2)[C@@H]1c1ccc(Cl)cc1)c1ccc(Cl)cc1. The Hall–Kier alpha value is -2.86. The lowest BCUT2D eigenvalue weighted by atomic mass is 10.00. The zero-order valence-electron chi connectivity index (χ0n) is 16.1. The second kappa shape index (κ2) is 9.10. The van der Waals surface area contributed by atoms with Crippen LogP contribution in [0.25, 0.3) is 0 Å². The Balaban J connectivity index is 1.69. The van der Waals surface area contributed by atoms with Crippen molar-refractivity contribution in [2.24, 2.45) is 0 Å². The molecule has 2 amide bonds. The summed E-state index contributed by atoms with van der Waals surface area (Å²) in [6, 6.07) is 19.5. The number of carbonyl (C=O) groups excluding carboxylic acids is 2. The summed E-state index contributed by atoms with van der Waals surface area (Å²) in [5.41, 5.74) is 4.90. The third-order valence-corrected chi connectivity index (χ3v) is 5.66. The number of nitrogens with one attached hydrogen (secondary N) is 2. The molecule has 5 nitrogen and oxygen atoms in total. The molecule has 0 bridgehead atoms. The molecule has 8 heteroatoms. The number of amides is 2. The van der Waals surface area contributed by atoms with Crippen molar-refractivity contribution in [1.82, 2.24) is 10.7 Å². The van der Waals surface area contributed by atoms with Crippen LogP contribution in [0.1, 0.15) is 27.5 Å². The Morgan fingerprint density at radius 2 is 1.35 bits per heavy atom. The van der Waals surface area contributed by atoms with E-state index in [0.717, 1.165) is 11.1 Å². The molecular formula is C23H17Cl3N3O2+. The average molecular weight is 474 g/mol. The van der Waals surface area contributed by atoms with Crippen molar-refractivity contribution in [3.63, 3.8) is 0 Å². The van der Waals surface area contributed by atoms with Gasteiger partial charge in [0.2, 0.25) is 12.3 Å². The molecule has 1 fully saturated rings. The Bertz CT molecular complexity index is 1140. The molecule has 2 atom stereocenters. The Morgan fingerprint density at radius 3 is 1.94 bits per heavy atom. The molecule has 1 aliphatic heterocycles. The van der Waals surface area contributed by atoms with E-state index in [1.807, 2.05) is 24.3 Å². The van der Waals surface area contributed by atoms with Crippen LogP contribution in [0.15, 0.2) is 72.8 Å². The van der Waals surface area contributed by atoms with E-state index < -0.39 is 12.1 Å². The van der Waals surface area contributed by atoms with Crippen LogP contribution < -0.4 is 10.7 Å². The molecule has 1 saturated heterocycles. The minimum atomic E-state index is -0.826. The topological polar surface area (TPSA) is 61.2 Å². The smallest absolute Gasteiger partial charge is 0.304 e. The standard InChI is InChI=1S/C23H16Cl3N3O2/c24-17-7-1-14(2-8-17)13-29-21(15-3-9-18(25)10-4-15)20(23(31)28-29)27-22(30)16-5-11-19(26)12-6-16/h1-13,20-21H,(H-,27,28,30,31)/p+1/b29-13-/t20-,21-/m1/s1. The number of halogens is 3. The van der Waals surface area contributed by atoms with Crippen molar-refractivity contribution in [1.29, 1.82) is 0 Å². The molecule has 0 aliphatic carbocycles. The van der Waals surface area contributed by atoms with Gasteiger partial charge in [0.15, 0.2) is 6.04 Å². The zero-order valence-corrected chi connectivity index (χ0v) is 18.3. The fraction of sp³-hybridized carbons (Fsp3) is 0.0870. The van der Waals surface area contributed by atoms with Gasteiger partial charge in [-0.15, -0.1) is 10.1 Å². The molecule has 4 rings (SSSR count). The van der Waals surface area contributed by atoms with E-state index in [0.29, 0.717) is 20.6 Å². The summed E-state index contributed by atoms with van der Waals surface area (Å²) in [6.07, 6.45) is 1.79. The Labute approximate surface area is 194 Å². The zero-order chi connectivity index (χ0) is 22.0. The fourth-order valence-electron chi connectivity index (χ4n) is 3.38. The molecule has 3 aromatic carbocycles. The summed E-state index contributed by atoms with van der Waals surface area (Å²) in [5, 5.41) is 4.56. The van der Waals surface area contributed by atoms with E-state index in [4.69, 9.17) is 34.8 Å². The first-order valence-electron chi connectivity index (χ1n) is 9.42. The first-order chi connectivity index (χ1) is 14.9. The third-order valence-electron chi connectivity index (χ3n) is 4.90. The van der Waals surface area contributed by atoms with Crippen molar-refractivity contribution in [2.45, 2.75) is 12.1 Å². The number of hydrazone groups is 1. The molecule has 3 aromatic rings. The highest BCUT2D eigenvalue weighted by atomic mass is 35.5. The lowest BCUT2D eigenvalue weighted by molar-refractivity contribution is -0.596. The highest BCUT2D eigenvalue weighted by Gasteiger charge is 2.47. The van der Waals surface area contributed by atoms with Crippen LogP contribution in [0.2, 0.25) is 15.1 Å². The van der Waals surface area contributed by atoms with Gasteiger partial charge in [-0.25, -0.2) is 0 Å². The maximum absolute atomic E-state index is 12.8. The normalized spacial score (nSPS) is 19.3. The second-order valence-corrected chi connectivity index (χ2v) is 8.33. The predicted molar refractivity (Wildman–Crippen MR) is 122 cm³/mol. The molecule has 0 spiro atoms. The third kappa shape index (κ3) is 4.90. The Morgan fingerprint density at radius 1 is 0.839 bits per heavy atom. The predicted octanol–water partition coefficient (Wildman–Crippen LogP) is 4.66. The van der Waals surface area contributed by atoms with Crippen LogP contribution in [0.5, 0.6) is 0 Å². The van der Waals surface area contributed by atoms with Gasteiger partial charge in [-0.2, -0.15) is 0 Å². The summed E-state index contributed by atoms with van der Waals surface area (Å²) in [7, 11) is 0. The molecule has 0 radical (unpaired) electrons. The van der Waals surface area contributed by atoms with Crippen LogP contribution in [0.3, 0.4) is 0 Å². The average Bonchev–Trinajstić information content (AvgIpc) is 3.05. The quantitative estimate of drug-likeness (QED) is 0.541. The number of nitrogens with zero attached hydrogens (tertiary/aromatic N) is 1. The van der Waals surface area contributed by atoms with Gasteiger partial charge in [-0.05, 0) is 60.7 Å². The molecule has 1 heterocycles. The molecule has 31 heavy (non-hydrogen) atoms. The van der Waals surface area contributed by atoms with Crippen LogP contribution in [-0.2, 0) is 4.79 Å². The highest BCUT2D eigenvalue weighted by Crippen LogP contribution is 2.27. The Kier molecular flexibility index (Phi) is 6.28. The monoisotopic (exact) mass is 472 g/mol. The van der Waals surface area contributed by atoms with Crippen molar-refractivity contribution in [3.05, 3.63) is 105 Å². The lowest BCUT2D eigenvalue weighted by Crippen LogP contribution is -2.42. The van der Waals surface area contributed by atoms with Crippen molar-refractivity contribution < 1.29 is 14.3 Å². The molecule has 0 saturated carbocycles. The number of hydrogen-bond acceptors (Lipinski definition) is 2. The number of rotatable bonds is 4. The first kappa shape index (κ1) is 21.4. The molecule has 156 valence electrons. The largest absolute Gasteiger partial charge is 0.334 e. The van der Waals surface area contributed by atoms with Gasteiger partial charge in [-0.3, -0.25) is 9.59 Å². The summed E-state index contributed by atoms with van der Waals surface area (Å²) in [5.74, 6) is -0.698. The molecule has 0 aromatic heterocycles. The number of hydrogen-bond donors (Lipinski definition) is 2. The van der Waals surface area contributed by atoms with Gasteiger partial charge in [0.1, 0.15) is 0 Å². The van der Waals surface area contributed by atoms with Gasteiger partial charge in [-0.1, -0.05) is 46.9 Å². The molecule has 2 N–H and O–H groups in total. The lowest BCUT2D eigenvalue weighted by Gasteiger charge is -2.15. The number of benzene rings is 3. The number of hydrazine groups is 1. The van der Waals surface area contributed by atoms with E-state index in [1.54, 1.807) is 59.4 Å². The van der Waals surface area contributed by atoms with Crippen molar-refractivity contribution in [2.75, 3.05) is 0 Å².